The van der Waals surface area contributed by atoms with Crippen LogP contribution >= 0.6 is 0 Å². The third-order valence-corrected chi connectivity index (χ3v) is 2.83. The highest BCUT2D eigenvalue weighted by Crippen LogP contribution is 2.10. The van der Waals surface area contributed by atoms with Crippen LogP contribution in [0.3, 0.4) is 0 Å². The summed E-state index contributed by atoms with van der Waals surface area (Å²) in [5.74, 6) is -0.333. The van der Waals surface area contributed by atoms with Gasteiger partial charge in [-0.1, -0.05) is 12.1 Å². The molecule has 92 valence electrons. The van der Waals surface area contributed by atoms with E-state index in [1.807, 2.05) is 0 Å². The zero-order chi connectivity index (χ0) is 12.1. The molecular weight excluding hydrogens is 221 g/mol. The Kier molecular flexibility index (Phi) is 4.09. The summed E-state index contributed by atoms with van der Waals surface area (Å²) in [5, 5.41) is 2.83. The van der Waals surface area contributed by atoms with Crippen molar-refractivity contribution in [2.75, 3.05) is 13.2 Å². The number of benzene rings is 1. The van der Waals surface area contributed by atoms with Gasteiger partial charge in [0.1, 0.15) is 5.82 Å². The van der Waals surface area contributed by atoms with Crippen molar-refractivity contribution in [3.63, 3.8) is 0 Å². The minimum atomic E-state index is -0.284. The summed E-state index contributed by atoms with van der Waals surface area (Å²) in [4.78, 5) is 11.6. The second-order valence-corrected chi connectivity index (χ2v) is 4.24. The van der Waals surface area contributed by atoms with Crippen LogP contribution in [0.1, 0.15) is 18.4 Å². The number of carbonyl (C=O) groups excluding carboxylic acids is 1. The maximum atomic E-state index is 12.7. The summed E-state index contributed by atoms with van der Waals surface area (Å²) < 4.78 is 18.1. The minimum absolute atomic E-state index is 0.0490. The van der Waals surface area contributed by atoms with Crippen LogP contribution in [0.2, 0.25) is 0 Å². The van der Waals surface area contributed by atoms with Crippen molar-refractivity contribution < 1.29 is 13.9 Å². The Morgan fingerprint density at radius 1 is 1.41 bits per heavy atom. The maximum Gasteiger partial charge on any atom is 0.224 e. The zero-order valence-corrected chi connectivity index (χ0v) is 9.62. The van der Waals surface area contributed by atoms with Gasteiger partial charge in [-0.25, -0.2) is 4.39 Å². The Balaban J connectivity index is 1.74. The van der Waals surface area contributed by atoms with E-state index in [1.165, 1.54) is 12.1 Å². The van der Waals surface area contributed by atoms with Gasteiger partial charge in [-0.15, -0.1) is 0 Å². The number of hydrogen-bond donors (Lipinski definition) is 1. The number of amides is 1. The summed E-state index contributed by atoms with van der Waals surface area (Å²) in [7, 11) is 0. The first-order valence-corrected chi connectivity index (χ1v) is 5.87. The van der Waals surface area contributed by atoms with E-state index in [1.54, 1.807) is 12.1 Å². The van der Waals surface area contributed by atoms with Crippen molar-refractivity contribution in [1.29, 1.82) is 0 Å². The van der Waals surface area contributed by atoms with E-state index >= 15 is 0 Å². The summed E-state index contributed by atoms with van der Waals surface area (Å²) >= 11 is 0. The van der Waals surface area contributed by atoms with E-state index < -0.39 is 0 Å². The number of carbonyl (C=O) groups is 1. The van der Waals surface area contributed by atoms with Crippen molar-refractivity contribution >= 4 is 5.91 Å². The molecule has 0 bridgehead atoms. The van der Waals surface area contributed by atoms with E-state index in [-0.39, 0.29) is 24.2 Å². The monoisotopic (exact) mass is 237 g/mol. The van der Waals surface area contributed by atoms with Crippen LogP contribution < -0.4 is 5.32 Å². The molecule has 0 aliphatic carbocycles. The fourth-order valence-electron chi connectivity index (χ4n) is 1.88. The van der Waals surface area contributed by atoms with E-state index in [0.717, 1.165) is 25.0 Å². The lowest BCUT2D eigenvalue weighted by Crippen LogP contribution is -2.32. The Morgan fingerprint density at radius 3 is 2.82 bits per heavy atom. The van der Waals surface area contributed by atoms with Crippen molar-refractivity contribution in [2.24, 2.45) is 0 Å². The van der Waals surface area contributed by atoms with E-state index in [9.17, 15) is 9.18 Å². The second kappa shape index (κ2) is 5.77. The topological polar surface area (TPSA) is 38.3 Å². The van der Waals surface area contributed by atoms with Gasteiger partial charge in [0.2, 0.25) is 5.91 Å². The Labute approximate surface area is 100.0 Å². The molecule has 0 aromatic heterocycles. The molecule has 3 nitrogen and oxygen atoms in total. The third kappa shape index (κ3) is 3.82. The largest absolute Gasteiger partial charge is 0.376 e. The fourth-order valence-corrected chi connectivity index (χ4v) is 1.88. The van der Waals surface area contributed by atoms with Gasteiger partial charge in [0, 0.05) is 13.2 Å². The first kappa shape index (κ1) is 12.0. The Bertz CT molecular complexity index is 372. The van der Waals surface area contributed by atoms with Crippen molar-refractivity contribution in [1.82, 2.24) is 5.32 Å². The van der Waals surface area contributed by atoms with Crippen LogP contribution in [0, 0.1) is 5.82 Å². The van der Waals surface area contributed by atoms with Gasteiger partial charge in [-0.05, 0) is 30.5 Å². The lowest BCUT2D eigenvalue weighted by atomic mass is 10.1. The SMILES string of the molecule is O=C(Cc1ccc(F)cc1)NC[C@@H]1CCCO1. The number of rotatable bonds is 4. The Morgan fingerprint density at radius 2 is 2.18 bits per heavy atom. The Hall–Kier alpha value is -1.42. The molecule has 1 aliphatic rings. The van der Waals surface area contributed by atoms with E-state index in [0.29, 0.717) is 6.54 Å². The van der Waals surface area contributed by atoms with Crippen molar-refractivity contribution in [3.8, 4) is 0 Å². The molecule has 1 aromatic carbocycles. The molecule has 1 fully saturated rings. The lowest BCUT2D eigenvalue weighted by molar-refractivity contribution is -0.120. The molecule has 17 heavy (non-hydrogen) atoms. The van der Waals surface area contributed by atoms with Crippen LogP contribution in [0.5, 0.6) is 0 Å². The highest BCUT2D eigenvalue weighted by Gasteiger charge is 2.16. The molecule has 2 rings (SSSR count). The molecule has 0 unspecified atom stereocenters. The predicted octanol–water partition coefficient (Wildman–Crippen LogP) is 1.66. The minimum Gasteiger partial charge on any atom is -0.376 e. The standard InChI is InChI=1S/C13H16FNO2/c14-11-5-3-10(4-6-11)8-13(16)15-9-12-2-1-7-17-12/h3-6,12H,1-2,7-9H2,(H,15,16)/t12-/m0/s1. The van der Waals surface area contributed by atoms with Crippen molar-refractivity contribution in [2.45, 2.75) is 25.4 Å². The van der Waals surface area contributed by atoms with Crippen LogP contribution in [-0.4, -0.2) is 25.2 Å². The van der Waals surface area contributed by atoms with Gasteiger partial charge in [0.15, 0.2) is 0 Å². The van der Waals surface area contributed by atoms with Crippen LogP contribution in [0.15, 0.2) is 24.3 Å². The molecule has 0 saturated carbocycles. The highest BCUT2D eigenvalue weighted by molar-refractivity contribution is 5.78. The van der Waals surface area contributed by atoms with Gasteiger partial charge >= 0.3 is 0 Å². The molecular formula is C13H16FNO2. The quantitative estimate of drug-likeness (QED) is 0.865. The summed E-state index contributed by atoms with van der Waals surface area (Å²) in [6, 6.07) is 5.98. The van der Waals surface area contributed by atoms with Crippen LogP contribution in [-0.2, 0) is 16.0 Å². The van der Waals surface area contributed by atoms with Gasteiger partial charge in [-0.3, -0.25) is 4.79 Å². The maximum absolute atomic E-state index is 12.7. The number of halogens is 1. The number of hydrogen-bond acceptors (Lipinski definition) is 2. The van der Waals surface area contributed by atoms with E-state index in [4.69, 9.17) is 4.74 Å². The van der Waals surface area contributed by atoms with Crippen LogP contribution in [0.4, 0.5) is 4.39 Å². The normalized spacial score (nSPS) is 19.2. The molecule has 1 aromatic rings. The second-order valence-electron chi connectivity index (χ2n) is 4.24. The van der Waals surface area contributed by atoms with E-state index in [2.05, 4.69) is 5.32 Å². The van der Waals surface area contributed by atoms with Gasteiger partial charge in [-0.2, -0.15) is 0 Å². The average molecular weight is 237 g/mol. The first-order valence-electron chi connectivity index (χ1n) is 5.87. The van der Waals surface area contributed by atoms with Gasteiger partial charge in [0.25, 0.3) is 0 Å². The molecule has 1 saturated heterocycles. The predicted molar refractivity (Wildman–Crippen MR) is 62.1 cm³/mol. The molecule has 1 aliphatic heterocycles. The number of nitrogens with one attached hydrogen (secondary N) is 1. The van der Waals surface area contributed by atoms with Crippen molar-refractivity contribution in [3.05, 3.63) is 35.6 Å². The summed E-state index contributed by atoms with van der Waals surface area (Å²) in [5.41, 5.74) is 0.816. The zero-order valence-electron chi connectivity index (χ0n) is 9.62. The fraction of sp³-hybridized carbons (Fsp3) is 0.462. The lowest BCUT2D eigenvalue weighted by Gasteiger charge is -2.10. The molecule has 0 spiro atoms. The van der Waals surface area contributed by atoms with Gasteiger partial charge in [0.05, 0.1) is 12.5 Å². The third-order valence-electron chi connectivity index (χ3n) is 2.83. The summed E-state index contributed by atoms with van der Waals surface area (Å²) in [6.07, 6.45) is 2.52. The smallest absolute Gasteiger partial charge is 0.224 e. The molecule has 1 heterocycles. The molecule has 1 amide bonds. The first-order chi connectivity index (χ1) is 8.24. The van der Waals surface area contributed by atoms with Crippen LogP contribution in [0.25, 0.3) is 0 Å². The van der Waals surface area contributed by atoms with Gasteiger partial charge < -0.3 is 10.1 Å². The average Bonchev–Trinajstić information content (AvgIpc) is 2.83. The molecule has 1 atom stereocenters. The summed E-state index contributed by atoms with van der Waals surface area (Å²) in [6.45, 7) is 1.36. The molecule has 1 N–H and O–H groups in total. The molecule has 0 radical (unpaired) electrons. The number of ether oxygens (including phenoxy) is 1. The molecule has 4 heteroatoms. The highest BCUT2D eigenvalue weighted by atomic mass is 19.1.